The lowest BCUT2D eigenvalue weighted by molar-refractivity contribution is 0.429. The Morgan fingerprint density at radius 2 is 0.804 bits per heavy atom. The molecule has 0 saturated heterocycles. The number of benzene rings is 7. The molecular weight excluding hydrogens is 556 g/mol. The zero-order valence-corrected chi connectivity index (χ0v) is 25.5. The number of hydrogen-bond acceptors (Lipinski definition) is 1. The Labute approximate surface area is 269 Å². The molecule has 0 fully saturated rings. The van der Waals surface area contributed by atoms with Gasteiger partial charge >= 0.3 is 0 Å². The summed E-state index contributed by atoms with van der Waals surface area (Å²) in [4.78, 5) is 0. The molecule has 0 saturated carbocycles. The summed E-state index contributed by atoms with van der Waals surface area (Å²) in [6.07, 6.45) is 0. The minimum absolute atomic E-state index is 0.382. The predicted molar refractivity (Wildman–Crippen MR) is 187 cm³/mol. The third-order valence-corrected chi connectivity index (χ3v) is 10.8. The molecular formula is C45H30O. The summed E-state index contributed by atoms with van der Waals surface area (Å²) < 4.78 is 7.01. The van der Waals surface area contributed by atoms with Crippen molar-refractivity contribution in [2.45, 2.75) is 17.8 Å². The van der Waals surface area contributed by atoms with Gasteiger partial charge in [-0.2, -0.15) is 0 Å². The highest BCUT2D eigenvalue weighted by Gasteiger charge is 2.53. The van der Waals surface area contributed by atoms with E-state index in [1.807, 2.05) is 0 Å². The minimum atomic E-state index is -0.437. The summed E-state index contributed by atoms with van der Waals surface area (Å²) in [5.74, 6) is 1.85. The summed E-state index contributed by atoms with van der Waals surface area (Å²) >= 11 is 0. The van der Waals surface area contributed by atoms with E-state index in [2.05, 4.69) is 171 Å². The Kier molecular flexibility index (Phi) is 5.12. The van der Waals surface area contributed by atoms with Crippen LogP contribution in [0.1, 0.15) is 45.9 Å². The zero-order valence-electron chi connectivity index (χ0n) is 25.5. The Morgan fingerprint density at radius 1 is 0.370 bits per heavy atom. The minimum Gasteiger partial charge on any atom is -0.456 e. The number of ether oxygens (including phenoxy) is 1. The average Bonchev–Trinajstić information content (AvgIpc) is 3.60. The van der Waals surface area contributed by atoms with Crippen LogP contribution in [0.4, 0.5) is 0 Å². The van der Waals surface area contributed by atoms with Crippen LogP contribution in [0.5, 0.6) is 11.5 Å². The Balaban J connectivity index is 1.32. The molecule has 10 rings (SSSR count). The maximum absolute atomic E-state index is 7.01. The van der Waals surface area contributed by atoms with Gasteiger partial charge in [0.2, 0.25) is 0 Å². The molecule has 1 spiro atoms. The Morgan fingerprint density at radius 3 is 1.46 bits per heavy atom. The quantitative estimate of drug-likeness (QED) is 0.196. The largest absolute Gasteiger partial charge is 0.456 e. The topological polar surface area (TPSA) is 9.23 Å². The fraction of sp³-hybridized carbons (Fsp3) is 0.0667. The molecule has 1 heterocycles. The standard InChI is InChI=1S/C45H30O/c1-44(29-15-3-2-4-16-29)39-26-11-12-28-41(39)46-43-35(22-14-27-40(43)44)34-21-13-20-33-32-19-7-10-25-38(32)45(42(33)34)36-23-8-5-17-30(36)31-18-6-9-24-37(31)45/h2-28H,1H3. The average molecular weight is 587 g/mol. The van der Waals surface area contributed by atoms with E-state index in [-0.39, 0.29) is 5.41 Å². The first-order chi connectivity index (χ1) is 22.7. The van der Waals surface area contributed by atoms with Crippen LogP contribution in [0.25, 0.3) is 33.4 Å². The van der Waals surface area contributed by atoms with Crippen molar-refractivity contribution >= 4 is 0 Å². The van der Waals surface area contributed by atoms with E-state index in [1.165, 1.54) is 66.8 Å². The highest BCUT2D eigenvalue weighted by molar-refractivity contribution is 5.99. The van der Waals surface area contributed by atoms with Gasteiger partial charge in [0, 0.05) is 22.1 Å². The third kappa shape index (κ3) is 3.05. The molecule has 2 aliphatic carbocycles. The summed E-state index contributed by atoms with van der Waals surface area (Å²) in [6, 6.07) is 60.0. The second-order valence-corrected chi connectivity index (χ2v) is 12.9. The summed E-state index contributed by atoms with van der Waals surface area (Å²) in [5.41, 5.74) is 15.7. The molecule has 3 aliphatic rings. The van der Waals surface area contributed by atoms with Gasteiger partial charge in [0.1, 0.15) is 11.5 Å². The molecule has 7 aromatic rings. The summed E-state index contributed by atoms with van der Waals surface area (Å²) in [7, 11) is 0. The first-order valence-electron chi connectivity index (χ1n) is 16.1. The number of rotatable bonds is 2. The van der Waals surface area contributed by atoms with Crippen LogP contribution in [0.15, 0.2) is 164 Å². The van der Waals surface area contributed by atoms with Gasteiger partial charge < -0.3 is 4.74 Å². The van der Waals surface area contributed by atoms with Crippen LogP contribution >= 0.6 is 0 Å². The highest BCUT2D eigenvalue weighted by atomic mass is 16.5. The van der Waals surface area contributed by atoms with Gasteiger partial charge in [-0.25, -0.2) is 0 Å². The lowest BCUT2D eigenvalue weighted by atomic mass is 9.67. The first-order valence-corrected chi connectivity index (χ1v) is 16.1. The molecule has 1 nitrogen and oxygen atoms in total. The van der Waals surface area contributed by atoms with Gasteiger partial charge in [0.25, 0.3) is 0 Å². The van der Waals surface area contributed by atoms with E-state index < -0.39 is 5.41 Å². The third-order valence-electron chi connectivity index (χ3n) is 10.8. The lowest BCUT2D eigenvalue weighted by Gasteiger charge is -2.39. The van der Waals surface area contributed by atoms with Crippen LogP contribution in [0.2, 0.25) is 0 Å². The molecule has 1 unspecified atom stereocenters. The van der Waals surface area contributed by atoms with Gasteiger partial charge in [0.15, 0.2) is 0 Å². The molecule has 1 aliphatic heterocycles. The molecule has 0 radical (unpaired) electrons. The van der Waals surface area contributed by atoms with Gasteiger partial charge in [-0.15, -0.1) is 0 Å². The van der Waals surface area contributed by atoms with Gasteiger partial charge in [-0.1, -0.05) is 158 Å². The number of fused-ring (bicyclic) bond motifs is 12. The summed E-state index contributed by atoms with van der Waals surface area (Å²) in [5, 5.41) is 0. The molecule has 1 atom stereocenters. The molecule has 0 bridgehead atoms. The second kappa shape index (κ2) is 9.19. The highest BCUT2D eigenvalue weighted by Crippen LogP contribution is 2.65. The van der Waals surface area contributed by atoms with E-state index >= 15 is 0 Å². The van der Waals surface area contributed by atoms with Crippen molar-refractivity contribution in [1.29, 1.82) is 0 Å². The van der Waals surface area contributed by atoms with Crippen LogP contribution in [0.3, 0.4) is 0 Å². The van der Waals surface area contributed by atoms with Crippen LogP contribution in [-0.2, 0) is 10.8 Å². The SMILES string of the molecule is CC1(c2ccccc2)c2ccccc2Oc2c(-c3cccc4c3C3(c5ccccc5-c5ccccc53)c3ccccc3-4)cccc21. The molecule has 0 aromatic heterocycles. The second-order valence-electron chi connectivity index (χ2n) is 12.9. The van der Waals surface area contributed by atoms with E-state index in [4.69, 9.17) is 4.74 Å². The molecule has 216 valence electrons. The molecule has 7 aromatic carbocycles. The first kappa shape index (κ1) is 25.6. The van der Waals surface area contributed by atoms with Gasteiger partial charge in [0.05, 0.1) is 5.41 Å². The predicted octanol–water partition coefficient (Wildman–Crippen LogP) is 11.2. The molecule has 0 amide bonds. The fourth-order valence-corrected chi connectivity index (χ4v) is 8.94. The van der Waals surface area contributed by atoms with Crippen molar-refractivity contribution in [3.8, 4) is 44.9 Å². The maximum Gasteiger partial charge on any atom is 0.139 e. The van der Waals surface area contributed by atoms with Crippen molar-refractivity contribution in [2.24, 2.45) is 0 Å². The molecule has 46 heavy (non-hydrogen) atoms. The van der Waals surface area contributed by atoms with Crippen molar-refractivity contribution in [3.63, 3.8) is 0 Å². The summed E-state index contributed by atoms with van der Waals surface area (Å²) in [6.45, 7) is 2.35. The fourth-order valence-electron chi connectivity index (χ4n) is 8.94. The van der Waals surface area contributed by atoms with Crippen molar-refractivity contribution in [1.82, 2.24) is 0 Å². The van der Waals surface area contributed by atoms with E-state index in [0.29, 0.717) is 0 Å². The van der Waals surface area contributed by atoms with E-state index in [0.717, 1.165) is 17.1 Å². The monoisotopic (exact) mass is 586 g/mol. The Bertz CT molecular complexity index is 2300. The Hall–Kier alpha value is -5.66. The van der Waals surface area contributed by atoms with Crippen molar-refractivity contribution < 1.29 is 4.74 Å². The number of para-hydroxylation sites is 2. The van der Waals surface area contributed by atoms with E-state index in [1.54, 1.807) is 0 Å². The van der Waals surface area contributed by atoms with Crippen molar-refractivity contribution in [3.05, 3.63) is 203 Å². The normalized spacial score (nSPS) is 17.2. The van der Waals surface area contributed by atoms with Gasteiger partial charge in [-0.3, -0.25) is 0 Å². The maximum atomic E-state index is 7.01. The molecule has 1 heteroatoms. The van der Waals surface area contributed by atoms with E-state index in [9.17, 15) is 0 Å². The molecule has 0 N–H and O–H groups in total. The van der Waals surface area contributed by atoms with Gasteiger partial charge in [-0.05, 0) is 68.6 Å². The smallest absolute Gasteiger partial charge is 0.139 e. The van der Waals surface area contributed by atoms with Crippen LogP contribution in [0, 0.1) is 0 Å². The lowest BCUT2D eigenvalue weighted by Crippen LogP contribution is -2.30. The number of hydrogen-bond donors (Lipinski definition) is 0. The van der Waals surface area contributed by atoms with Crippen LogP contribution in [-0.4, -0.2) is 0 Å². The zero-order chi connectivity index (χ0) is 30.5. The van der Waals surface area contributed by atoms with Crippen molar-refractivity contribution in [2.75, 3.05) is 0 Å². The van der Waals surface area contributed by atoms with Crippen LogP contribution < -0.4 is 4.74 Å².